The van der Waals surface area contributed by atoms with Crippen molar-refractivity contribution in [2.75, 3.05) is 18.8 Å². The van der Waals surface area contributed by atoms with Crippen LogP contribution < -0.4 is 11.1 Å². The third-order valence-corrected chi connectivity index (χ3v) is 8.30. The van der Waals surface area contributed by atoms with E-state index in [0.29, 0.717) is 12.4 Å². The molecule has 3 amide bonds. The average Bonchev–Trinajstić information content (AvgIpc) is 3.47. The number of nitrogens with two attached hydrogens (primary N) is 1. The highest BCUT2D eigenvalue weighted by Crippen LogP contribution is 2.31. The van der Waals surface area contributed by atoms with E-state index in [0.717, 1.165) is 40.3 Å². The molecule has 0 aliphatic carbocycles. The number of hydrogen-bond acceptors (Lipinski definition) is 7. The topological polar surface area (TPSA) is 118 Å². The molecule has 1 saturated heterocycles. The van der Waals surface area contributed by atoms with Crippen molar-refractivity contribution in [1.82, 2.24) is 20.1 Å². The molecule has 0 saturated carbocycles. The lowest BCUT2D eigenvalue weighted by Crippen LogP contribution is -2.56. The Labute approximate surface area is 270 Å². The van der Waals surface area contributed by atoms with Crippen molar-refractivity contribution in [1.29, 1.82) is 0 Å². The van der Waals surface area contributed by atoms with E-state index in [1.807, 2.05) is 91.9 Å². The molecule has 1 fully saturated rings. The molecule has 2 atom stereocenters. The van der Waals surface area contributed by atoms with Crippen LogP contribution in [0, 0.1) is 0 Å². The number of nitrogens with zero attached hydrogens (tertiary/aromatic N) is 3. The summed E-state index contributed by atoms with van der Waals surface area (Å²) in [6.07, 6.45) is 3.38. The molecule has 0 spiro atoms. The van der Waals surface area contributed by atoms with Crippen LogP contribution in [0.1, 0.15) is 63.1 Å². The maximum Gasteiger partial charge on any atom is 0.327 e. The zero-order valence-corrected chi connectivity index (χ0v) is 27.0. The highest BCUT2D eigenvalue weighted by molar-refractivity contribution is 5.98. The molecule has 3 aromatic carbocycles. The Morgan fingerprint density at radius 2 is 1.65 bits per heavy atom. The third-order valence-electron chi connectivity index (χ3n) is 8.30. The van der Waals surface area contributed by atoms with E-state index in [1.54, 1.807) is 31.9 Å². The Balaban J connectivity index is 1.58. The smallest absolute Gasteiger partial charge is 0.327 e. The summed E-state index contributed by atoms with van der Waals surface area (Å²) in [7, 11) is 0. The van der Waals surface area contributed by atoms with E-state index in [9.17, 15) is 14.4 Å². The summed E-state index contributed by atoms with van der Waals surface area (Å²) in [5, 5.41) is 4.90. The zero-order chi connectivity index (χ0) is 32.8. The van der Waals surface area contributed by atoms with Crippen LogP contribution in [0.25, 0.3) is 10.8 Å². The van der Waals surface area contributed by atoms with Crippen LogP contribution in [-0.4, -0.2) is 63.5 Å². The number of hydrogen-bond donors (Lipinski definition) is 2. The fourth-order valence-electron chi connectivity index (χ4n) is 6.13. The first-order valence-electron chi connectivity index (χ1n) is 15.8. The minimum atomic E-state index is -0.973. The van der Waals surface area contributed by atoms with E-state index < -0.39 is 29.4 Å². The van der Waals surface area contributed by atoms with Gasteiger partial charge in [0.05, 0.1) is 19.1 Å². The molecule has 1 aromatic heterocycles. The lowest BCUT2D eigenvalue weighted by molar-refractivity contribution is -0.153. The summed E-state index contributed by atoms with van der Waals surface area (Å²) in [6.45, 7) is 7.81. The van der Waals surface area contributed by atoms with Gasteiger partial charge in [0.25, 0.3) is 0 Å². The van der Waals surface area contributed by atoms with Gasteiger partial charge in [0.1, 0.15) is 11.4 Å². The summed E-state index contributed by atoms with van der Waals surface area (Å²) in [5.74, 6) is -1.01. The Bertz CT molecular complexity index is 1630. The monoisotopic (exact) mass is 621 g/mol. The third kappa shape index (κ3) is 7.72. The number of nitrogens with one attached hydrogen (secondary N) is 1. The Hall–Kier alpha value is -4.76. The van der Waals surface area contributed by atoms with Crippen molar-refractivity contribution in [2.24, 2.45) is 0 Å². The quantitative estimate of drug-likeness (QED) is 0.224. The first kappa shape index (κ1) is 32.6. The number of pyridine rings is 1. The minimum absolute atomic E-state index is 0.00232. The molecule has 2 heterocycles. The van der Waals surface area contributed by atoms with Crippen molar-refractivity contribution in [3.63, 3.8) is 0 Å². The summed E-state index contributed by atoms with van der Waals surface area (Å²) >= 11 is 0. The van der Waals surface area contributed by atoms with E-state index in [1.165, 1.54) is 4.90 Å². The number of amides is 3. The van der Waals surface area contributed by atoms with Gasteiger partial charge < -0.3 is 15.4 Å². The summed E-state index contributed by atoms with van der Waals surface area (Å²) in [6, 6.07) is 25.6. The molecule has 9 heteroatoms. The minimum Gasteiger partial charge on any atom is -0.459 e. The van der Waals surface area contributed by atoms with Crippen molar-refractivity contribution in [3.8, 4) is 0 Å². The normalized spacial score (nSPS) is 15.6. The van der Waals surface area contributed by atoms with Gasteiger partial charge in [0, 0.05) is 30.1 Å². The standard InChI is InChI=1S/C37H43N5O4/c1-25-12-11-21-41(25)36(45)42(24-26-17-18-30-29(22-26)19-20-39-34(30)38)35(44)33(40-23-31(43)46-37(2,3)4)32(27-13-7-5-8-14-27)28-15-9-6-10-16-28/h5-10,13-20,22,25,32-33,40H,11-12,21,23-24H2,1-4H3,(H2,38,39)/t25-,33-/m1/s1. The molecule has 46 heavy (non-hydrogen) atoms. The summed E-state index contributed by atoms with van der Waals surface area (Å²) < 4.78 is 5.59. The number of rotatable bonds is 9. The molecule has 3 N–H and O–H groups in total. The summed E-state index contributed by atoms with van der Waals surface area (Å²) in [4.78, 5) is 49.6. The Morgan fingerprint density at radius 1 is 1.00 bits per heavy atom. The number of esters is 1. The fraction of sp³-hybridized carbons (Fsp3) is 0.351. The SMILES string of the molecule is C[C@@H]1CCCN1C(=O)N(Cc1ccc2c(N)nccc2c1)C(=O)[C@H](NCC(=O)OC(C)(C)C)C(c1ccccc1)c1ccccc1. The largest absolute Gasteiger partial charge is 0.459 e. The molecule has 240 valence electrons. The number of carbonyl (C=O) groups excluding carboxylic acids is 3. The van der Waals surface area contributed by atoms with Crippen LogP contribution in [0.3, 0.4) is 0 Å². The van der Waals surface area contributed by atoms with Crippen molar-refractivity contribution >= 4 is 34.5 Å². The molecule has 4 aromatic rings. The van der Waals surface area contributed by atoms with Gasteiger partial charge >= 0.3 is 12.0 Å². The van der Waals surface area contributed by atoms with E-state index >= 15 is 0 Å². The molecular formula is C37H43N5O4. The molecule has 1 aliphatic rings. The van der Waals surface area contributed by atoms with Gasteiger partial charge in [-0.05, 0) is 74.7 Å². The van der Waals surface area contributed by atoms with E-state index in [4.69, 9.17) is 10.5 Å². The van der Waals surface area contributed by atoms with Crippen LogP contribution in [0.2, 0.25) is 0 Å². The second-order valence-corrected chi connectivity index (χ2v) is 12.9. The number of ether oxygens (including phenoxy) is 1. The maximum absolute atomic E-state index is 15.0. The predicted molar refractivity (Wildman–Crippen MR) is 180 cm³/mol. The first-order valence-corrected chi connectivity index (χ1v) is 15.8. The molecule has 0 radical (unpaired) electrons. The first-order chi connectivity index (χ1) is 22.0. The van der Waals surface area contributed by atoms with Gasteiger partial charge in [-0.2, -0.15) is 0 Å². The lowest BCUT2D eigenvalue weighted by Gasteiger charge is -2.35. The number of carbonyl (C=O) groups is 3. The van der Waals surface area contributed by atoms with Crippen LogP contribution in [0.4, 0.5) is 10.6 Å². The summed E-state index contributed by atoms with van der Waals surface area (Å²) in [5.41, 5.74) is 7.92. The predicted octanol–water partition coefficient (Wildman–Crippen LogP) is 5.88. The second kappa shape index (κ2) is 14.1. The Morgan fingerprint density at radius 3 is 2.24 bits per heavy atom. The maximum atomic E-state index is 15.0. The van der Waals surface area contributed by atoms with Crippen molar-refractivity contribution < 1.29 is 19.1 Å². The molecule has 9 nitrogen and oxygen atoms in total. The van der Waals surface area contributed by atoms with Crippen molar-refractivity contribution in [3.05, 3.63) is 108 Å². The van der Waals surface area contributed by atoms with Gasteiger partial charge in [-0.15, -0.1) is 0 Å². The number of anilines is 1. The zero-order valence-electron chi connectivity index (χ0n) is 27.0. The van der Waals surface area contributed by atoms with E-state index in [-0.39, 0.29) is 25.2 Å². The van der Waals surface area contributed by atoms with Crippen LogP contribution in [0.15, 0.2) is 91.1 Å². The number of aromatic nitrogens is 1. The van der Waals surface area contributed by atoms with E-state index in [2.05, 4.69) is 10.3 Å². The molecular weight excluding hydrogens is 578 g/mol. The molecule has 0 bridgehead atoms. The number of imide groups is 1. The van der Waals surface area contributed by atoms with Crippen LogP contribution in [0.5, 0.6) is 0 Å². The number of nitrogen functional groups attached to an aromatic ring is 1. The average molecular weight is 622 g/mol. The van der Waals surface area contributed by atoms with Crippen LogP contribution >= 0.6 is 0 Å². The highest BCUT2D eigenvalue weighted by Gasteiger charge is 2.39. The van der Waals surface area contributed by atoms with Gasteiger partial charge in [0.2, 0.25) is 5.91 Å². The number of urea groups is 1. The van der Waals surface area contributed by atoms with Gasteiger partial charge in [-0.3, -0.25) is 19.8 Å². The Kier molecular flexibility index (Phi) is 10.0. The van der Waals surface area contributed by atoms with Crippen LogP contribution in [-0.2, 0) is 20.9 Å². The number of likely N-dealkylation sites (tertiary alicyclic amines) is 1. The number of fused-ring (bicyclic) bond motifs is 1. The van der Waals surface area contributed by atoms with Gasteiger partial charge in [-0.1, -0.05) is 72.8 Å². The second-order valence-electron chi connectivity index (χ2n) is 12.9. The lowest BCUT2D eigenvalue weighted by atomic mass is 9.84. The highest BCUT2D eigenvalue weighted by atomic mass is 16.6. The molecule has 0 unspecified atom stereocenters. The number of benzene rings is 3. The van der Waals surface area contributed by atoms with Gasteiger partial charge in [0.15, 0.2) is 0 Å². The fourth-order valence-corrected chi connectivity index (χ4v) is 6.13. The molecule has 5 rings (SSSR count). The molecule has 1 aliphatic heterocycles. The van der Waals surface area contributed by atoms with Crippen molar-refractivity contribution in [2.45, 2.75) is 70.7 Å². The van der Waals surface area contributed by atoms with Gasteiger partial charge in [-0.25, -0.2) is 9.78 Å².